The van der Waals surface area contributed by atoms with Crippen molar-refractivity contribution in [1.82, 2.24) is 19.4 Å². The number of nitrogens with zero attached hydrogens (tertiary/aromatic N) is 4. The molecule has 1 amide bonds. The van der Waals surface area contributed by atoms with Gasteiger partial charge in [-0.15, -0.1) is 10.2 Å². The summed E-state index contributed by atoms with van der Waals surface area (Å²) in [6, 6.07) is 3.07. The number of anilines is 1. The van der Waals surface area contributed by atoms with Crippen LogP contribution in [0.25, 0.3) is 0 Å². The van der Waals surface area contributed by atoms with Crippen LogP contribution in [-0.2, 0) is 10.0 Å². The summed E-state index contributed by atoms with van der Waals surface area (Å²) in [4.78, 5) is 13.7. The van der Waals surface area contributed by atoms with E-state index >= 15 is 0 Å². The molecule has 10 heteroatoms. The van der Waals surface area contributed by atoms with Gasteiger partial charge in [0.2, 0.25) is 10.0 Å². The number of carbonyl (C=O) groups excluding carboxylic acids is 1. The van der Waals surface area contributed by atoms with E-state index in [0.29, 0.717) is 32.0 Å². The lowest BCUT2D eigenvalue weighted by Crippen LogP contribution is -2.50. The number of hydrogen-bond donors (Lipinski definition) is 2. The number of hydrogen-bond acceptors (Lipinski definition) is 7. The van der Waals surface area contributed by atoms with Crippen molar-refractivity contribution in [1.29, 1.82) is 0 Å². The van der Waals surface area contributed by atoms with Gasteiger partial charge < -0.3 is 10.3 Å². The summed E-state index contributed by atoms with van der Waals surface area (Å²) < 4.78 is 24.1. The number of aromatic nitrogens is 2. The van der Waals surface area contributed by atoms with Gasteiger partial charge in [0.1, 0.15) is 0 Å². The van der Waals surface area contributed by atoms with Crippen LogP contribution in [0, 0.1) is 0 Å². The molecule has 0 saturated carbocycles. The van der Waals surface area contributed by atoms with E-state index in [9.17, 15) is 13.2 Å². The van der Waals surface area contributed by atoms with Crippen molar-refractivity contribution in [2.75, 3.05) is 37.9 Å². The monoisotopic (exact) mass is 300 g/mol. The molecule has 1 fully saturated rings. The van der Waals surface area contributed by atoms with Gasteiger partial charge in [0.05, 0.1) is 6.26 Å². The van der Waals surface area contributed by atoms with Crippen LogP contribution in [0.3, 0.4) is 0 Å². The van der Waals surface area contributed by atoms with Crippen molar-refractivity contribution in [3.05, 3.63) is 17.8 Å². The molecule has 1 saturated heterocycles. The molecule has 1 aromatic heterocycles. The Morgan fingerprint density at radius 2 is 1.90 bits per heavy atom. The standard InChI is InChI=1S/C10H16N6O3S/c1-20(18,19)16-6-4-15(5-7-16)10(17)8-2-3-9(12-11)14-13-8/h2-3H,4-7,11H2,1H3,(H,12,14). The number of nitrogen functional groups attached to an aromatic ring is 1. The van der Waals surface area contributed by atoms with Gasteiger partial charge in [-0.2, -0.15) is 4.31 Å². The highest BCUT2D eigenvalue weighted by Crippen LogP contribution is 2.10. The Morgan fingerprint density at radius 3 is 2.35 bits per heavy atom. The molecule has 0 aromatic carbocycles. The van der Waals surface area contributed by atoms with Gasteiger partial charge in [-0.05, 0) is 12.1 Å². The SMILES string of the molecule is CS(=O)(=O)N1CCN(C(=O)c2ccc(NN)nn2)CC1. The van der Waals surface area contributed by atoms with E-state index in [1.165, 1.54) is 10.4 Å². The lowest BCUT2D eigenvalue weighted by Gasteiger charge is -2.32. The second kappa shape index (κ2) is 5.69. The summed E-state index contributed by atoms with van der Waals surface area (Å²) in [7, 11) is -3.20. The number of piperazine rings is 1. The van der Waals surface area contributed by atoms with E-state index in [2.05, 4.69) is 15.6 Å². The maximum absolute atomic E-state index is 12.2. The fourth-order valence-corrected chi connectivity index (χ4v) is 2.73. The zero-order valence-corrected chi connectivity index (χ0v) is 11.8. The van der Waals surface area contributed by atoms with Crippen LogP contribution in [0.2, 0.25) is 0 Å². The van der Waals surface area contributed by atoms with Gasteiger partial charge >= 0.3 is 0 Å². The molecule has 2 heterocycles. The zero-order valence-electron chi connectivity index (χ0n) is 11.0. The summed E-state index contributed by atoms with van der Waals surface area (Å²) in [5.41, 5.74) is 2.53. The Hall–Kier alpha value is -1.78. The first kappa shape index (κ1) is 14.6. The number of hydrazine groups is 1. The fourth-order valence-electron chi connectivity index (χ4n) is 1.91. The number of amides is 1. The molecular weight excluding hydrogens is 284 g/mol. The van der Waals surface area contributed by atoms with E-state index in [0.717, 1.165) is 6.26 Å². The molecule has 9 nitrogen and oxygen atoms in total. The number of rotatable bonds is 3. The van der Waals surface area contributed by atoms with Gasteiger partial charge in [0.15, 0.2) is 11.5 Å². The van der Waals surface area contributed by atoms with Gasteiger partial charge in [-0.3, -0.25) is 4.79 Å². The summed E-state index contributed by atoms with van der Waals surface area (Å²) in [5.74, 6) is 5.26. The molecule has 0 radical (unpaired) electrons. The lowest BCUT2D eigenvalue weighted by molar-refractivity contribution is 0.0691. The minimum absolute atomic E-state index is 0.205. The van der Waals surface area contributed by atoms with Crippen molar-refractivity contribution < 1.29 is 13.2 Å². The number of carbonyl (C=O) groups is 1. The zero-order chi connectivity index (χ0) is 14.8. The van der Waals surface area contributed by atoms with Gasteiger partial charge in [-0.1, -0.05) is 0 Å². The van der Waals surface area contributed by atoms with Crippen LogP contribution in [0.4, 0.5) is 5.82 Å². The molecule has 2 rings (SSSR count). The topological polar surface area (TPSA) is 122 Å². The molecule has 1 aliphatic heterocycles. The third-order valence-electron chi connectivity index (χ3n) is 3.03. The van der Waals surface area contributed by atoms with Crippen molar-refractivity contribution in [3.63, 3.8) is 0 Å². The van der Waals surface area contributed by atoms with Crippen molar-refractivity contribution in [3.8, 4) is 0 Å². The Morgan fingerprint density at radius 1 is 1.25 bits per heavy atom. The molecule has 0 atom stereocenters. The van der Waals surface area contributed by atoms with Crippen LogP contribution < -0.4 is 11.3 Å². The highest BCUT2D eigenvalue weighted by Gasteiger charge is 2.27. The Kier molecular flexibility index (Phi) is 4.16. The molecule has 0 bridgehead atoms. The van der Waals surface area contributed by atoms with Gasteiger partial charge in [-0.25, -0.2) is 14.3 Å². The highest BCUT2D eigenvalue weighted by molar-refractivity contribution is 7.88. The Bertz CT molecular complexity index is 580. The molecule has 20 heavy (non-hydrogen) atoms. The Balaban J connectivity index is 2.01. The second-order valence-corrected chi connectivity index (χ2v) is 6.38. The molecule has 110 valence electrons. The third kappa shape index (κ3) is 3.21. The van der Waals surface area contributed by atoms with Crippen LogP contribution in [0.1, 0.15) is 10.5 Å². The second-order valence-electron chi connectivity index (χ2n) is 4.40. The largest absolute Gasteiger partial charge is 0.335 e. The van der Waals surface area contributed by atoms with E-state index in [-0.39, 0.29) is 11.6 Å². The van der Waals surface area contributed by atoms with Crippen LogP contribution in [-0.4, -0.2) is 66.2 Å². The smallest absolute Gasteiger partial charge is 0.274 e. The van der Waals surface area contributed by atoms with Crippen molar-refractivity contribution in [2.45, 2.75) is 0 Å². The first-order valence-electron chi connectivity index (χ1n) is 5.96. The van der Waals surface area contributed by atoms with E-state index in [1.54, 1.807) is 11.0 Å². The predicted molar refractivity (Wildman–Crippen MR) is 72.2 cm³/mol. The van der Waals surface area contributed by atoms with E-state index < -0.39 is 10.0 Å². The molecule has 0 aliphatic carbocycles. The third-order valence-corrected chi connectivity index (χ3v) is 4.33. The van der Waals surface area contributed by atoms with Crippen LogP contribution in [0.15, 0.2) is 12.1 Å². The normalized spacial score (nSPS) is 17.0. The quantitative estimate of drug-likeness (QED) is 0.513. The molecule has 1 aliphatic rings. The molecular formula is C10H16N6O3S. The van der Waals surface area contributed by atoms with E-state index in [1.807, 2.05) is 0 Å². The van der Waals surface area contributed by atoms with Gasteiger partial charge in [0, 0.05) is 26.2 Å². The summed E-state index contributed by atoms with van der Waals surface area (Å²) in [5, 5.41) is 7.50. The number of nitrogens with two attached hydrogens (primary N) is 1. The highest BCUT2D eigenvalue weighted by atomic mass is 32.2. The minimum atomic E-state index is -3.20. The molecule has 3 N–H and O–H groups in total. The van der Waals surface area contributed by atoms with Gasteiger partial charge in [0.25, 0.3) is 5.91 Å². The maximum Gasteiger partial charge on any atom is 0.274 e. The first-order chi connectivity index (χ1) is 9.41. The van der Waals surface area contributed by atoms with Crippen molar-refractivity contribution >= 4 is 21.7 Å². The van der Waals surface area contributed by atoms with Crippen LogP contribution in [0.5, 0.6) is 0 Å². The van der Waals surface area contributed by atoms with E-state index in [4.69, 9.17) is 5.84 Å². The number of sulfonamides is 1. The van der Waals surface area contributed by atoms with Crippen molar-refractivity contribution in [2.24, 2.45) is 5.84 Å². The molecule has 1 aromatic rings. The maximum atomic E-state index is 12.2. The fraction of sp³-hybridized carbons (Fsp3) is 0.500. The molecule has 0 spiro atoms. The average Bonchev–Trinajstić information content (AvgIpc) is 2.46. The summed E-state index contributed by atoms with van der Waals surface area (Å²) in [6.45, 7) is 1.26. The van der Waals surface area contributed by atoms with Crippen LogP contribution >= 0.6 is 0 Å². The summed E-state index contributed by atoms with van der Waals surface area (Å²) in [6.07, 6.45) is 1.16. The lowest BCUT2D eigenvalue weighted by atomic mass is 10.3. The summed E-state index contributed by atoms with van der Waals surface area (Å²) >= 11 is 0. The molecule has 0 unspecified atom stereocenters. The average molecular weight is 300 g/mol. The Labute approximate surface area is 116 Å². The minimum Gasteiger partial charge on any atom is -0.335 e. The predicted octanol–water partition coefficient (Wildman–Crippen LogP) is -1.52. The number of nitrogens with one attached hydrogen (secondary N) is 1. The first-order valence-corrected chi connectivity index (χ1v) is 7.81.